The number of alkyl halides is 3. The molecule has 1 aliphatic rings. The summed E-state index contributed by atoms with van der Waals surface area (Å²) < 4.78 is 57.5. The number of carbonyl (C=O) groups excluding carboxylic acids is 1. The van der Waals surface area contributed by atoms with Crippen LogP contribution in [0, 0.1) is 5.82 Å². The summed E-state index contributed by atoms with van der Waals surface area (Å²) >= 11 is 5.55. The van der Waals surface area contributed by atoms with Crippen LogP contribution in [0.3, 0.4) is 0 Å². The molecule has 0 radical (unpaired) electrons. The largest absolute Gasteiger partial charge is 0.444 e. The Morgan fingerprint density at radius 3 is 2.48 bits per heavy atom. The van der Waals surface area contributed by atoms with Crippen LogP contribution >= 0.6 is 11.6 Å². The minimum Gasteiger partial charge on any atom is -0.444 e. The molecule has 0 bridgehead atoms. The summed E-state index contributed by atoms with van der Waals surface area (Å²) in [5.41, 5.74) is -1.94. The highest BCUT2D eigenvalue weighted by atomic mass is 35.5. The zero-order chi connectivity index (χ0) is 20.4. The third kappa shape index (κ3) is 6.41. The van der Waals surface area contributed by atoms with Gasteiger partial charge in [-0.3, -0.25) is 0 Å². The van der Waals surface area contributed by atoms with E-state index in [0.29, 0.717) is 18.9 Å². The number of carbonyl (C=O) groups is 1. The van der Waals surface area contributed by atoms with Gasteiger partial charge in [-0.2, -0.15) is 13.2 Å². The van der Waals surface area contributed by atoms with E-state index < -0.39 is 34.4 Å². The lowest BCUT2D eigenvalue weighted by Crippen LogP contribution is -2.44. The predicted molar refractivity (Wildman–Crippen MR) is 93.2 cm³/mol. The first-order chi connectivity index (χ1) is 12.3. The van der Waals surface area contributed by atoms with E-state index in [1.165, 1.54) is 0 Å². The van der Waals surface area contributed by atoms with Gasteiger partial charge in [0.2, 0.25) is 0 Å². The van der Waals surface area contributed by atoms with Gasteiger partial charge in [-0.1, -0.05) is 11.6 Å². The molecule has 5 nitrogen and oxygen atoms in total. The van der Waals surface area contributed by atoms with E-state index in [0.717, 1.165) is 12.8 Å². The van der Waals surface area contributed by atoms with Gasteiger partial charge in [0.25, 0.3) is 0 Å². The van der Waals surface area contributed by atoms with Crippen molar-refractivity contribution in [3.63, 3.8) is 0 Å². The molecular formula is C17H22ClF4N3O2. The van der Waals surface area contributed by atoms with Crippen molar-refractivity contribution in [2.75, 3.05) is 5.32 Å². The average molecular weight is 412 g/mol. The number of hydrogen-bond donors (Lipinski definition) is 2. The lowest BCUT2D eigenvalue weighted by molar-refractivity contribution is -0.137. The number of nitrogens with one attached hydrogen (secondary N) is 2. The van der Waals surface area contributed by atoms with Gasteiger partial charge in [0.15, 0.2) is 11.6 Å². The van der Waals surface area contributed by atoms with Gasteiger partial charge in [-0.15, -0.1) is 0 Å². The highest BCUT2D eigenvalue weighted by Crippen LogP contribution is 2.35. The molecule has 152 valence electrons. The van der Waals surface area contributed by atoms with Crippen molar-refractivity contribution in [3.05, 3.63) is 22.6 Å². The second-order valence-electron chi connectivity index (χ2n) is 7.51. The Labute approximate surface area is 159 Å². The first-order valence-electron chi connectivity index (χ1n) is 8.54. The first-order valence-corrected chi connectivity index (χ1v) is 8.92. The van der Waals surface area contributed by atoms with Crippen molar-refractivity contribution < 1.29 is 27.1 Å². The summed E-state index contributed by atoms with van der Waals surface area (Å²) in [4.78, 5) is 15.4. The van der Waals surface area contributed by atoms with Crippen molar-refractivity contribution in [2.45, 2.75) is 70.3 Å². The van der Waals surface area contributed by atoms with Gasteiger partial charge in [-0.25, -0.2) is 14.2 Å². The SMILES string of the molecule is CC(C)(C)OC(=O)NC1CCCC(Nc2nc(Cl)c(C(F)(F)F)cc2F)C1. The lowest BCUT2D eigenvalue weighted by Gasteiger charge is -2.31. The molecular weight excluding hydrogens is 390 g/mol. The molecule has 0 saturated heterocycles. The van der Waals surface area contributed by atoms with Gasteiger partial charge in [0.1, 0.15) is 10.8 Å². The standard InChI is InChI=1S/C17H22ClF4N3O2/c1-16(2,3)27-15(26)24-10-6-4-5-9(7-10)23-14-12(19)8-11(13(18)25-14)17(20,21)22/h8-10H,4-7H2,1-3H3,(H,23,25)(H,24,26). The molecule has 1 saturated carbocycles. The second kappa shape index (κ2) is 8.08. The van der Waals surface area contributed by atoms with Gasteiger partial charge in [0, 0.05) is 12.1 Å². The molecule has 2 N–H and O–H groups in total. The summed E-state index contributed by atoms with van der Waals surface area (Å²) in [6, 6.07) is -0.135. The van der Waals surface area contributed by atoms with Crippen LogP contribution in [0.4, 0.5) is 28.2 Å². The number of rotatable bonds is 3. The molecule has 0 spiro atoms. The Hall–Kier alpha value is -1.77. The second-order valence-corrected chi connectivity index (χ2v) is 7.86. The van der Waals surface area contributed by atoms with Crippen LogP contribution in [0.15, 0.2) is 6.07 Å². The smallest absolute Gasteiger partial charge is 0.419 e. The van der Waals surface area contributed by atoms with Crippen molar-refractivity contribution >= 4 is 23.5 Å². The van der Waals surface area contributed by atoms with E-state index in [4.69, 9.17) is 16.3 Å². The number of alkyl carbamates (subject to hydrolysis) is 1. The summed E-state index contributed by atoms with van der Waals surface area (Å²) in [6.45, 7) is 5.25. The fourth-order valence-electron chi connectivity index (χ4n) is 2.89. The number of ether oxygens (including phenoxy) is 1. The molecule has 1 heterocycles. The van der Waals surface area contributed by atoms with E-state index in [1.807, 2.05) is 0 Å². The van der Waals surface area contributed by atoms with Crippen molar-refractivity contribution in [3.8, 4) is 0 Å². The Bertz CT molecular complexity index is 692. The quantitative estimate of drug-likeness (QED) is 0.534. The zero-order valence-corrected chi connectivity index (χ0v) is 16.0. The number of amides is 1. The van der Waals surface area contributed by atoms with Gasteiger partial charge >= 0.3 is 12.3 Å². The molecule has 2 atom stereocenters. The van der Waals surface area contributed by atoms with Crippen LogP contribution in [0.5, 0.6) is 0 Å². The molecule has 1 aromatic rings. The highest BCUT2D eigenvalue weighted by molar-refractivity contribution is 6.30. The molecule has 0 aromatic carbocycles. The molecule has 1 aliphatic carbocycles. The van der Waals surface area contributed by atoms with Crippen LogP contribution < -0.4 is 10.6 Å². The molecule has 10 heteroatoms. The van der Waals surface area contributed by atoms with Gasteiger partial charge in [-0.05, 0) is 52.5 Å². The van der Waals surface area contributed by atoms with Gasteiger partial charge < -0.3 is 15.4 Å². The van der Waals surface area contributed by atoms with E-state index in [9.17, 15) is 22.4 Å². The topological polar surface area (TPSA) is 63.2 Å². The third-order valence-electron chi connectivity index (χ3n) is 3.97. The molecule has 27 heavy (non-hydrogen) atoms. The Morgan fingerprint density at radius 1 is 1.26 bits per heavy atom. The summed E-state index contributed by atoms with van der Waals surface area (Å²) in [5.74, 6) is -1.47. The number of anilines is 1. The van der Waals surface area contributed by atoms with Crippen molar-refractivity contribution in [1.82, 2.24) is 10.3 Å². The maximum Gasteiger partial charge on any atom is 0.419 e. The number of hydrogen-bond acceptors (Lipinski definition) is 4. The fraction of sp³-hybridized carbons (Fsp3) is 0.647. The van der Waals surface area contributed by atoms with Crippen LogP contribution in [0.1, 0.15) is 52.0 Å². The summed E-state index contributed by atoms with van der Waals surface area (Å²) in [7, 11) is 0. The van der Waals surface area contributed by atoms with E-state index in [2.05, 4.69) is 15.6 Å². The Morgan fingerprint density at radius 2 is 1.89 bits per heavy atom. The highest BCUT2D eigenvalue weighted by Gasteiger charge is 2.35. The molecule has 2 rings (SSSR count). The van der Waals surface area contributed by atoms with E-state index in [1.54, 1.807) is 20.8 Å². The molecule has 2 unspecified atom stereocenters. The molecule has 0 aliphatic heterocycles. The van der Waals surface area contributed by atoms with Crippen molar-refractivity contribution in [2.24, 2.45) is 0 Å². The lowest BCUT2D eigenvalue weighted by atomic mass is 9.91. The number of halogens is 5. The molecule has 1 amide bonds. The van der Waals surface area contributed by atoms with E-state index >= 15 is 0 Å². The van der Waals surface area contributed by atoms with Crippen LogP contribution in [0.2, 0.25) is 5.15 Å². The Balaban J connectivity index is 2.01. The predicted octanol–water partition coefficient (Wildman–Crippen LogP) is 5.14. The number of aromatic nitrogens is 1. The van der Waals surface area contributed by atoms with Crippen molar-refractivity contribution in [1.29, 1.82) is 0 Å². The minimum atomic E-state index is -4.78. The van der Waals surface area contributed by atoms with Crippen LogP contribution in [-0.4, -0.2) is 28.8 Å². The average Bonchev–Trinajstić information content (AvgIpc) is 2.47. The normalized spacial score (nSPS) is 20.9. The zero-order valence-electron chi connectivity index (χ0n) is 15.2. The fourth-order valence-corrected chi connectivity index (χ4v) is 3.13. The minimum absolute atomic E-state index is 0.195. The monoisotopic (exact) mass is 411 g/mol. The molecule has 1 aromatic heterocycles. The molecule has 1 fully saturated rings. The summed E-state index contributed by atoms with van der Waals surface area (Å²) in [5, 5.41) is 4.73. The maximum absolute atomic E-state index is 14.0. The number of pyridine rings is 1. The summed E-state index contributed by atoms with van der Waals surface area (Å²) in [6.07, 6.45) is -2.74. The first kappa shape index (κ1) is 21.5. The maximum atomic E-state index is 14.0. The third-order valence-corrected chi connectivity index (χ3v) is 4.26. The van der Waals surface area contributed by atoms with E-state index in [-0.39, 0.29) is 17.9 Å². The number of nitrogens with zero attached hydrogens (tertiary/aromatic N) is 1. The Kier molecular flexibility index (Phi) is 6.44. The van der Waals surface area contributed by atoms with Gasteiger partial charge in [0.05, 0.1) is 5.56 Å². The van der Waals surface area contributed by atoms with Crippen LogP contribution in [-0.2, 0) is 10.9 Å². The van der Waals surface area contributed by atoms with Crippen LogP contribution in [0.25, 0.3) is 0 Å².